The van der Waals surface area contributed by atoms with Crippen LogP contribution in [0.5, 0.6) is 0 Å². The molecule has 1 aromatic heterocycles. The average molecular weight is 298 g/mol. The minimum absolute atomic E-state index is 0.0938. The van der Waals surface area contributed by atoms with Gasteiger partial charge in [-0.2, -0.15) is 4.57 Å². The van der Waals surface area contributed by atoms with E-state index in [1.807, 2.05) is 97.2 Å². The standard InChI is InChI=1S/C18H24N3O/c1-5-21(17-9-7-6-8-10-17)18(22)15(2)20-13-11-16(12-14-20)19(3)4/h6-15H,5H2,1-4H3/q+1/t15-/m1/s1. The molecule has 4 nitrogen and oxygen atoms in total. The van der Waals surface area contributed by atoms with Crippen molar-refractivity contribution in [1.29, 1.82) is 0 Å². The fraction of sp³-hybridized carbons (Fsp3) is 0.333. The molecule has 0 aliphatic rings. The van der Waals surface area contributed by atoms with Gasteiger partial charge >= 0.3 is 0 Å². The first-order valence-corrected chi connectivity index (χ1v) is 7.59. The average Bonchev–Trinajstić information content (AvgIpc) is 2.56. The number of likely N-dealkylation sites (N-methyl/N-ethyl adjacent to an activating group) is 1. The first-order chi connectivity index (χ1) is 10.5. The van der Waals surface area contributed by atoms with Crippen LogP contribution in [0.25, 0.3) is 0 Å². The molecule has 1 aromatic carbocycles. The molecule has 22 heavy (non-hydrogen) atoms. The highest BCUT2D eigenvalue weighted by molar-refractivity contribution is 5.94. The maximum atomic E-state index is 12.8. The molecular formula is C18H24N3O+. The normalized spacial score (nSPS) is 11.8. The predicted molar refractivity (Wildman–Crippen MR) is 90.1 cm³/mol. The molecule has 4 heteroatoms. The number of benzene rings is 1. The molecule has 2 rings (SSSR count). The highest BCUT2D eigenvalue weighted by Crippen LogP contribution is 2.16. The number of anilines is 2. The molecule has 0 spiro atoms. The van der Waals surface area contributed by atoms with Gasteiger partial charge in [0.05, 0.1) is 0 Å². The monoisotopic (exact) mass is 298 g/mol. The first-order valence-electron chi connectivity index (χ1n) is 7.59. The second-order valence-electron chi connectivity index (χ2n) is 5.49. The van der Waals surface area contributed by atoms with Gasteiger partial charge in [-0.1, -0.05) is 18.2 Å². The molecule has 0 aliphatic heterocycles. The maximum Gasteiger partial charge on any atom is 0.295 e. The largest absolute Gasteiger partial charge is 0.377 e. The third-order valence-corrected chi connectivity index (χ3v) is 3.81. The summed E-state index contributed by atoms with van der Waals surface area (Å²) in [6, 6.07) is 13.6. The highest BCUT2D eigenvalue weighted by atomic mass is 16.2. The lowest BCUT2D eigenvalue weighted by Gasteiger charge is -2.22. The van der Waals surface area contributed by atoms with E-state index in [4.69, 9.17) is 0 Å². The van der Waals surface area contributed by atoms with E-state index in [1.165, 1.54) is 0 Å². The van der Waals surface area contributed by atoms with E-state index in [0.717, 1.165) is 11.4 Å². The van der Waals surface area contributed by atoms with E-state index in [0.29, 0.717) is 6.54 Å². The molecule has 0 bridgehead atoms. The van der Waals surface area contributed by atoms with Gasteiger partial charge < -0.3 is 9.80 Å². The summed E-state index contributed by atoms with van der Waals surface area (Å²) in [6.45, 7) is 4.59. The molecule has 0 saturated carbocycles. The summed E-state index contributed by atoms with van der Waals surface area (Å²) in [5, 5.41) is 0. The van der Waals surface area contributed by atoms with Crippen molar-refractivity contribution in [2.75, 3.05) is 30.4 Å². The zero-order valence-electron chi connectivity index (χ0n) is 13.7. The lowest BCUT2D eigenvalue weighted by Crippen LogP contribution is -2.48. The molecule has 2 aromatic rings. The Morgan fingerprint density at radius 1 is 1.05 bits per heavy atom. The smallest absolute Gasteiger partial charge is 0.295 e. The Hall–Kier alpha value is -2.36. The Kier molecular flexibility index (Phi) is 5.15. The van der Waals surface area contributed by atoms with Crippen molar-refractivity contribution in [1.82, 2.24) is 0 Å². The Morgan fingerprint density at radius 3 is 2.14 bits per heavy atom. The molecule has 1 heterocycles. The third-order valence-electron chi connectivity index (χ3n) is 3.81. The van der Waals surface area contributed by atoms with E-state index >= 15 is 0 Å². The lowest BCUT2D eigenvalue weighted by atomic mass is 10.2. The molecule has 0 N–H and O–H groups in total. The number of pyridine rings is 1. The van der Waals surface area contributed by atoms with Crippen molar-refractivity contribution >= 4 is 17.3 Å². The quantitative estimate of drug-likeness (QED) is 0.794. The molecule has 1 atom stereocenters. The summed E-state index contributed by atoms with van der Waals surface area (Å²) in [6.07, 6.45) is 3.91. The molecule has 1 amide bonds. The van der Waals surface area contributed by atoms with Gasteiger partial charge in [-0.05, 0) is 19.1 Å². The number of carbonyl (C=O) groups excluding carboxylic acids is 1. The Balaban J connectivity index is 2.20. The van der Waals surface area contributed by atoms with Gasteiger partial charge in [0.1, 0.15) is 0 Å². The van der Waals surface area contributed by atoms with E-state index < -0.39 is 0 Å². The maximum absolute atomic E-state index is 12.8. The van der Waals surface area contributed by atoms with Crippen LogP contribution in [0.4, 0.5) is 11.4 Å². The molecule has 0 aliphatic carbocycles. The van der Waals surface area contributed by atoms with Crippen molar-refractivity contribution in [3.05, 3.63) is 54.9 Å². The third kappa shape index (κ3) is 3.45. The highest BCUT2D eigenvalue weighted by Gasteiger charge is 2.27. The van der Waals surface area contributed by atoms with Gasteiger partial charge in [0.2, 0.25) is 6.04 Å². The molecule has 116 valence electrons. The van der Waals surface area contributed by atoms with E-state index in [1.54, 1.807) is 0 Å². The van der Waals surface area contributed by atoms with Crippen LogP contribution in [0.3, 0.4) is 0 Å². The fourth-order valence-corrected chi connectivity index (χ4v) is 2.41. The fourth-order valence-electron chi connectivity index (χ4n) is 2.41. The summed E-state index contributed by atoms with van der Waals surface area (Å²) in [5.41, 5.74) is 2.05. The molecule has 0 saturated heterocycles. The summed E-state index contributed by atoms with van der Waals surface area (Å²) in [7, 11) is 4.00. The molecule has 0 fully saturated rings. The van der Waals surface area contributed by atoms with Crippen LogP contribution in [0.15, 0.2) is 54.9 Å². The second kappa shape index (κ2) is 7.07. The van der Waals surface area contributed by atoms with Crippen molar-refractivity contribution < 1.29 is 9.36 Å². The van der Waals surface area contributed by atoms with Gasteiger partial charge in [-0.15, -0.1) is 0 Å². The summed E-state index contributed by atoms with van der Waals surface area (Å²) in [5.74, 6) is 0.0938. The van der Waals surface area contributed by atoms with Crippen LogP contribution < -0.4 is 14.4 Å². The van der Waals surface area contributed by atoms with Crippen LogP contribution >= 0.6 is 0 Å². The minimum Gasteiger partial charge on any atom is -0.377 e. The first kappa shape index (κ1) is 16.0. The number of carbonyl (C=O) groups is 1. The summed E-state index contributed by atoms with van der Waals surface area (Å²) in [4.78, 5) is 16.6. The van der Waals surface area contributed by atoms with Crippen molar-refractivity contribution in [3.63, 3.8) is 0 Å². The number of hydrogen-bond acceptors (Lipinski definition) is 2. The second-order valence-corrected chi connectivity index (χ2v) is 5.49. The van der Waals surface area contributed by atoms with Crippen LogP contribution in [0.1, 0.15) is 19.9 Å². The zero-order chi connectivity index (χ0) is 16.1. The SMILES string of the molecule is CCN(C(=O)[C@@H](C)[n+]1ccc(N(C)C)cc1)c1ccccc1. The predicted octanol–water partition coefficient (Wildman–Crippen LogP) is 2.65. The molecular weight excluding hydrogens is 274 g/mol. The van der Waals surface area contributed by atoms with Gasteiger partial charge in [0.25, 0.3) is 5.91 Å². The van der Waals surface area contributed by atoms with Crippen LogP contribution in [-0.2, 0) is 4.79 Å². The van der Waals surface area contributed by atoms with E-state index in [9.17, 15) is 4.79 Å². The zero-order valence-corrected chi connectivity index (χ0v) is 13.7. The van der Waals surface area contributed by atoms with Gasteiger partial charge in [0.15, 0.2) is 12.4 Å². The topological polar surface area (TPSA) is 27.4 Å². The molecule has 0 unspecified atom stereocenters. The van der Waals surface area contributed by atoms with Gasteiger partial charge in [0, 0.05) is 51.1 Å². The number of aromatic nitrogens is 1. The number of amides is 1. The molecule has 0 radical (unpaired) electrons. The van der Waals surface area contributed by atoms with Crippen LogP contribution in [0, 0.1) is 0 Å². The van der Waals surface area contributed by atoms with E-state index in [2.05, 4.69) is 0 Å². The van der Waals surface area contributed by atoms with E-state index in [-0.39, 0.29) is 11.9 Å². The van der Waals surface area contributed by atoms with Gasteiger partial charge in [-0.3, -0.25) is 4.79 Å². The number of nitrogens with zero attached hydrogens (tertiary/aromatic N) is 3. The minimum atomic E-state index is -0.239. The van der Waals surface area contributed by atoms with Crippen molar-refractivity contribution in [3.8, 4) is 0 Å². The Labute approximate surface area is 132 Å². The van der Waals surface area contributed by atoms with Crippen LogP contribution in [0.2, 0.25) is 0 Å². The number of rotatable bonds is 5. The Bertz CT molecular complexity index is 608. The van der Waals surface area contributed by atoms with Crippen LogP contribution in [-0.4, -0.2) is 26.5 Å². The summed E-state index contributed by atoms with van der Waals surface area (Å²) >= 11 is 0. The summed E-state index contributed by atoms with van der Waals surface area (Å²) < 4.78 is 1.95. The van der Waals surface area contributed by atoms with Crippen molar-refractivity contribution in [2.45, 2.75) is 19.9 Å². The lowest BCUT2D eigenvalue weighted by molar-refractivity contribution is -0.705. The number of hydrogen-bond donors (Lipinski definition) is 0. The van der Waals surface area contributed by atoms with Crippen molar-refractivity contribution in [2.24, 2.45) is 0 Å². The van der Waals surface area contributed by atoms with Gasteiger partial charge in [-0.25, -0.2) is 0 Å². The Morgan fingerprint density at radius 2 is 1.64 bits per heavy atom. The number of para-hydroxylation sites is 1.